The fourth-order valence-electron chi connectivity index (χ4n) is 6.02. The fraction of sp³-hybridized carbons (Fsp3) is 0.379. The lowest BCUT2D eigenvalue weighted by Gasteiger charge is -2.24. The second-order valence-electron chi connectivity index (χ2n) is 10.4. The summed E-state index contributed by atoms with van der Waals surface area (Å²) in [5.41, 5.74) is 3.56. The Morgan fingerprint density at radius 2 is 1.74 bits per heavy atom. The minimum Gasteiger partial charge on any atom is -0.376 e. The van der Waals surface area contributed by atoms with Crippen molar-refractivity contribution in [2.45, 2.75) is 39.0 Å². The Morgan fingerprint density at radius 1 is 1.05 bits per heavy atom. The standard InChI is InChI=1S/C29H30ClN5O3/c1-19(36)32-28-33-26(30)25-27(34-28)35(18-31-25)24-12-22(16-37-14-20-8-4-2-5-9-20)29(13-23(24)29)17-38-15-21-10-6-3-7-11-21/h2-11,18,22-24H,12-17H2,1H3,(H,32,33,34,36)/t22-,23-,24+,29-/m1/s1. The molecular formula is C29H30ClN5O3. The van der Waals surface area contributed by atoms with Crippen LogP contribution in [0.15, 0.2) is 67.0 Å². The van der Waals surface area contributed by atoms with Crippen LogP contribution >= 0.6 is 11.6 Å². The zero-order chi connectivity index (χ0) is 26.1. The van der Waals surface area contributed by atoms with Crippen molar-refractivity contribution in [3.63, 3.8) is 0 Å². The average molecular weight is 532 g/mol. The topological polar surface area (TPSA) is 91.2 Å². The summed E-state index contributed by atoms with van der Waals surface area (Å²) in [6.45, 7) is 3.95. The Hall–Kier alpha value is -3.33. The molecule has 38 heavy (non-hydrogen) atoms. The Kier molecular flexibility index (Phi) is 6.86. The van der Waals surface area contributed by atoms with Crippen molar-refractivity contribution < 1.29 is 14.3 Å². The van der Waals surface area contributed by atoms with Crippen molar-refractivity contribution in [3.05, 3.63) is 83.3 Å². The quantitative estimate of drug-likeness (QED) is 0.274. The lowest BCUT2D eigenvalue weighted by Crippen LogP contribution is -2.24. The first-order chi connectivity index (χ1) is 18.5. The summed E-state index contributed by atoms with van der Waals surface area (Å²) >= 11 is 6.40. The minimum absolute atomic E-state index is 0.0457. The zero-order valence-corrected chi connectivity index (χ0v) is 22.0. The van der Waals surface area contributed by atoms with Crippen LogP contribution in [0.25, 0.3) is 11.2 Å². The van der Waals surface area contributed by atoms with Gasteiger partial charge in [-0.15, -0.1) is 0 Å². The van der Waals surface area contributed by atoms with E-state index in [9.17, 15) is 4.79 Å². The predicted octanol–water partition coefficient (Wildman–Crippen LogP) is 5.44. The fourth-order valence-corrected chi connectivity index (χ4v) is 6.23. The smallest absolute Gasteiger partial charge is 0.232 e. The monoisotopic (exact) mass is 531 g/mol. The Bertz CT molecular complexity index is 1430. The van der Waals surface area contributed by atoms with Crippen LogP contribution in [0, 0.1) is 17.3 Å². The molecule has 0 aliphatic heterocycles. The van der Waals surface area contributed by atoms with Gasteiger partial charge >= 0.3 is 0 Å². The number of carbonyl (C=O) groups is 1. The van der Waals surface area contributed by atoms with E-state index < -0.39 is 0 Å². The van der Waals surface area contributed by atoms with Gasteiger partial charge in [-0.05, 0) is 35.8 Å². The van der Waals surface area contributed by atoms with Crippen LogP contribution in [0.2, 0.25) is 5.15 Å². The van der Waals surface area contributed by atoms with Crippen molar-refractivity contribution in [1.29, 1.82) is 0 Å². The third kappa shape index (κ3) is 4.91. The van der Waals surface area contributed by atoms with Crippen LogP contribution in [0.3, 0.4) is 0 Å². The van der Waals surface area contributed by atoms with Crippen LogP contribution in [0.1, 0.15) is 36.9 Å². The number of hydrogen-bond acceptors (Lipinski definition) is 6. The summed E-state index contributed by atoms with van der Waals surface area (Å²) in [4.78, 5) is 24.9. The number of amides is 1. The second kappa shape index (κ2) is 10.4. The molecule has 1 N–H and O–H groups in total. The first kappa shape index (κ1) is 25.0. The van der Waals surface area contributed by atoms with Gasteiger partial charge in [0.2, 0.25) is 11.9 Å². The molecule has 2 aliphatic carbocycles. The van der Waals surface area contributed by atoms with Gasteiger partial charge in [0, 0.05) is 18.4 Å². The van der Waals surface area contributed by atoms with E-state index >= 15 is 0 Å². The van der Waals surface area contributed by atoms with Gasteiger partial charge in [-0.3, -0.25) is 10.1 Å². The number of hydrogen-bond donors (Lipinski definition) is 1. The normalized spacial score (nSPS) is 23.9. The molecule has 0 spiro atoms. The number of anilines is 1. The molecule has 2 aromatic heterocycles. The summed E-state index contributed by atoms with van der Waals surface area (Å²) in [5, 5.41) is 2.87. The van der Waals surface area contributed by atoms with E-state index in [-0.39, 0.29) is 28.5 Å². The molecule has 2 heterocycles. The SMILES string of the molecule is CC(=O)Nc1nc(Cl)c2ncn([C@H]3C[C@H](COCc4ccccc4)[C@]4(COCc5ccccc5)C[C@H]34)c2n1. The molecule has 0 bridgehead atoms. The number of rotatable bonds is 10. The van der Waals surface area contributed by atoms with E-state index in [1.54, 1.807) is 6.33 Å². The molecule has 2 aromatic carbocycles. The third-order valence-electron chi connectivity index (χ3n) is 7.92. The molecule has 6 rings (SSSR count). The number of benzene rings is 2. The van der Waals surface area contributed by atoms with Gasteiger partial charge in [-0.2, -0.15) is 9.97 Å². The van der Waals surface area contributed by atoms with E-state index in [1.807, 2.05) is 36.4 Å². The van der Waals surface area contributed by atoms with E-state index in [1.165, 1.54) is 18.1 Å². The highest BCUT2D eigenvalue weighted by Gasteiger charge is 2.67. The van der Waals surface area contributed by atoms with Crippen LogP contribution in [0.5, 0.6) is 0 Å². The van der Waals surface area contributed by atoms with E-state index in [4.69, 9.17) is 21.1 Å². The number of imidazole rings is 1. The van der Waals surface area contributed by atoms with Gasteiger partial charge in [0.1, 0.15) is 5.52 Å². The maximum atomic E-state index is 11.6. The Labute approximate surface area is 226 Å². The molecule has 0 unspecified atom stereocenters. The number of halogens is 1. The Balaban J connectivity index is 1.23. The van der Waals surface area contributed by atoms with Gasteiger partial charge in [-0.25, -0.2) is 4.98 Å². The van der Waals surface area contributed by atoms with Crippen molar-refractivity contribution in [2.75, 3.05) is 18.5 Å². The highest BCUT2D eigenvalue weighted by Crippen LogP contribution is 2.70. The highest BCUT2D eigenvalue weighted by atomic mass is 35.5. The first-order valence-corrected chi connectivity index (χ1v) is 13.3. The van der Waals surface area contributed by atoms with Crippen molar-refractivity contribution in [3.8, 4) is 0 Å². The number of nitrogens with one attached hydrogen (secondary N) is 1. The summed E-state index contributed by atoms with van der Waals surface area (Å²) in [7, 11) is 0. The van der Waals surface area contributed by atoms with Gasteiger partial charge in [-0.1, -0.05) is 72.3 Å². The summed E-state index contributed by atoms with van der Waals surface area (Å²) in [6.07, 6.45) is 3.79. The van der Waals surface area contributed by atoms with E-state index in [0.717, 1.165) is 12.8 Å². The molecule has 2 saturated carbocycles. The molecule has 8 nitrogen and oxygen atoms in total. The van der Waals surface area contributed by atoms with Gasteiger partial charge in [0.05, 0.1) is 32.8 Å². The lowest BCUT2D eigenvalue weighted by molar-refractivity contribution is -0.114. The van der Waals surface area contributed by atoms with E-state index in [2.05, 4.69) is 49.1 Å². The number of ether oxygens (including phenoxy) is 2. The zero-order valence-electron chi connectivity index (χ0n) is 21.2. The number of nitrogens with zero attached hydrogens (tertiary/aromatic N) is 4. The first-order valence-electron chi connectivity index (χ1n) is 12.9. The molecule has 4 aromatic rings. The largest absolute Gasteiger partial charge is 0.376 e. The predicted molar refractivity (Wildman–Crippen MR) is 145 cm³/mol. The van der Waals surface area contributed by atoms with Gasteiger partial charge in [0.15, 0.2) is 10.8 Å². The van der Waals surface area contributed by atoms with Crippen LogP contribution in [-0.4, -0.2) is 38.6 Å². The van der Waals surface area contributed by atoms with Gasteiger partial charge in [0.25, 0.3) is 0 Å². The molecule has 2 fully saturated rings. The summed E-state index contributed by atoms with van der Waals surface area (Å²) in [5.74, 6) is 0.686. The molecule has 1 amide bonds. The molecule has 196 valence electrons. The molecule has 4 atom stereocenters. The number of carbonyl (C=O) groups excluding carboxylic acids is 1. The molecule has 9 heteroatoms. The van der Waals surface area contributed by atoms with E-state index in [0.29, 0.717) is 49.4 Å². The third-order valence-corrected chi connectivity index (χ3v) is 8.18. The molecule has 0 saturated heterocycles. The molecule has 0 radical (unpaired) electrons. The van der Waals surface area contributed by atoms with Crippen LogP contribution in [0.4, 0.5) is 5.95 Å². The summed E-state index contributed by atoms with van der Waals surface area (Å²) < 4.78 is 14.7. The summed E-state index contributed by atoms with van der Waals surface area (Å²) in [6, 6.07) is 20.7. The van der Waals surface area contributed by atoms with Gasteiger partial charge < -0.3 is 14.0 Å². The van der Waals surface area contributed by atoms with Crippen molar-refractivity contribution in [2.24, 2.45) is 17.3 Å². The average Bonchev–Trinajstić information content (AvgIpc) is 3.34. The van der Waals surface area contributed by atoms with Crippen molar-refractivity contribution >= 4 is 34.6 Å². The van der Waals surface area contributed by atoms with Crippen LogP contribution < -0.4 is 5.32 Å². The minimum atomic E-state index is -0.250. The van der Waals surface area contributed by atoms with Crippen LogP contribution in [-0.2, 0) is 27.5 Å². The molecular weight excluding hydrogens is 502 g/mol. The number of fused-ring (bicyclic) bond motifs is 2. The Morgan fingerprint density at radius 3 is 2.42 bits per heavy atom. The second-order valence-corrected chi connectivity index (χ2v) is 10.7. The highest BCUT2D eigenvalue weighted by molar-refractivity contribution is 6.33. The maximum Gasteiger partial charge on any atom is 0.232 e. The maximum absolute atomic E-state index is 11.6. The number of aromatic nitrogens is 4. The lowest BCUT2D eigenvalue weighted by atomic mass is 9.91. The molecule has 2 aliphatic rings. The van der Waals surface area contributed by atoms with Crippen molar-refractivity contribution in [1.82, 2.24) is 19.5 Å².